The van der Waals surface area contributed by atoms with Crippen molar-refractivity contribution in [2.24, 2.45) is 27.2 Å². The summed E-state index contributed by atoms with van der Waals surface area (Å²) in [6, 6.07) is 14.2. The number of amides is 1. The van der Waals surface area contributed by atoms with E-state index in [0.29, 0.717) is 16.9 Å². The van der Waals surface area contributed by atoms with Gasteiger partial charge in [-0.25, -0.2) is 4.99 Å². The highest BCUT2D eigenvalue weighted by Gasteiger charge is 2.05. The third-order valence-electron chi connectivity index (χ3n) is 2.89. The first-order valence-corrected chi connectivity index (χ1v) is 6.86. The van der Waals surface area contributed by atoms with Crippen molar-refractivity contribution in [1.29, 1.82) is 0 Å². The van der Waals surface area contributed by atoms with Crippen molar-refractivity contribution in [3.63, 3.8) is 0 Å². The number of nitrogens with one attached hydrogen (secondary N) is 1. The van der Waals surface area contributed by atoms with Crippen molar-refractivity contribution in [2.45, 2.75) is 6.92 Å². The molecule has 0 bridgehead atoms. The smallest absolute Gasteiger partial charge is 0.255 e. The number of guanidine groups is 2. The number of rotatable bonds is 3. The third-order valence-corrected chi connectivity index (χ3v) is 2.89. The van der Waals surface area contributed by atoms with Crippen LogP contribution in [0.2, 0.25) is 0 Å². The highest BCUT2D eigenvalue weighted by molar-refractivity contribution is 6.04. The number of benzene rings is 2. The monoisotopic (exact) mass is 310 g/mol. The van der Waals surface area contributed by atoms with Gasteiger partial charge in [-0.15, -0.1) is 0 Å². The number of nitrogens with zero attached hydrogens (tertiary/aromatic N) is 2. The zero-order valence-electron chi connectivity index (χ0n) is 12.7. The zero-order valence-corrected chi connectivity index (χ0v) is 12.7. The molecule has 7 heteroatoms. The molecule has 2 aromatic carbocycles. The van der Waals surface area contributed by atoms with Crippen LogP contribution in [0.4, 0.5) is 11.4 Å². The van der Waals surface area contributed by atoms with Crippen LogP contribution in [0.15, 0.2) is 58.5 Å². The van der Waals surface area contributed by atoms with Crippen LogP contribution in [0.1, 0.15) is 15.9 Å². The number of anilines is 1. The fraction of sp³-hybridized carbons (Fsp3) is 0.0625. The molecule has 23 heavy (non-hydrogen) atoms. The van der Waals surface area contributed by atoms with Gasteiger partial charge in [-0.3, -0.25) is 4.79 Å². The lowest BCUT2D eigenvalue weighted by Crippen LogP contribution is -2.26. The van der Waals surface area contributed by atoms with Crippen LogP contribution >= 0.6 is 0 Å². The molecule has 2 aromatic rings. The summed E-state index contributed by atoms with van der Waals surface area (Å²) in [5.41, 5.74) is 18.8. The van der Waals surface area contributed by atoms with Crippen LogP contribution in [0.25, 0.3) is 0 Å². The zero-order chi connectivity index (χ0) is 16.8. The number of hydrogen-bond acceptors (Lipinski definition) is 2. The quantitative estimate of drug-likeness (QED) is 0.504. The Bertz CT molecular complexity index is 760. The fourth-order valence-corrected chi connectivity index (χ4v) is 1.90. The molecule has 7 N–H and O–H groups in total. The number of aryl methyl sites for hydroxylation is 1. The van der Waals surface area contributed by atoms with Crippen molar-refractivity contribution in [2.75, 3.05) is 5.32 Å². The molecule has 0 fully saturated rings. The summed E-state index contributed by atoms with van der Waals surface area (Å²) in [5.74, 6) is -0.375. The lowest BCUT2D eigenvalue weighted by Gasteiger charge is -2.06. The van der Waals surface area contributed by atoms with Gasteiger partial charge in [-0.1, -0.05) is 17.7 Å². The average molecular weight is 310 g/mol. The SMILES string of the molecule is Cc1cccc(C(=O)Nc2ccc(N=C(N)N=C(N)N)cc2)c1. The van der Waals surface area contributed by atoms with Gasteiger partial charge in [0.25, 0.3) is 5.91 Å². The molecule has 118 valence electrons. The predicted molar refractivity (Wildman–Crippen MR) is 92.7 cm³/mol. The van der Waals surface area contributed by atoms with Gasteiger partial charge >= 0.3 is 0 Å². The molecule has 0 aliphatic heterocycles. The second kappa shape index (κ2) is 7.08. The Hall–Kier alpha value is -3.35. The normalized spacial score (nSPS) is 10.9. The number of carbonyl (C=O) groups is 1. The van der Waals surface area contributed by atoms with E-state index in [0.717, 1.165) is 5.56 Å². The van der Waals surface area contributed by atoms with Crippen LogP contribution in [-0.2, 0) is 0 Å². The number of nitrogens with two attached hydrogens (primary N) is 3. The van der Waals surface area contributed by atoms with Crippen LogP contribution < -0.4 is 22.5 Å². The van der Waals surface area contributed by atoms with E-state index in [2.05, 4.69) is 15.3 Å². The summed E-state index contributed by atoms with van der Waals surface area (Å²) in [5, 5.41) is 2.81. The first-order chi connectivity index (χ1) is 10.9. The Kier molecular flexibility index (Phi) is 4.93. The van der Waals surface area contributed by atoms with Crippen molar-refractivity contribution < 1.29 is 4.79 Å². The van der Waals surface area contributed by atoms with Crippen LogP contribution in [0.5, 0.6) is 0 Å². The highest BCUT2D eigenvalue weighted by atomic mass is 16.1. The minimum absolute atomic E-state index is 0.0402. The number of aliphatic imine (C=N–C) groups is 2. The van der Waals surface area contributed by atoms with Gasteiger partial charge in [-0.2, -0.15) is 4.99 Å². The molecular weight excluding hydrogens is 292 g/mol. The van der Waals surface area contributed by atoms with Gasteiger partial charge in [0, 0.05) is 11.3 Å². The minimum Gasteiger partial charge on any atom is -0.370 e. The second-order valence-corrected chi connectivity index (χ2v) is 4.88. The second-order valence-electron chi connectivity index (χ2n) is 4.88. The molecule has 2 rings (SSSR count). The molecule has 0 spiro atoms. The Morgan fingerprint density at radius 3 is 2.35 bits per heavy atom. The molecule has 7 nitrogen and oxygen atoms in total. The lowest BCUT2D eigenvalue weighted by molar-refractivity contribution is 0.102. The molecule has 0 aliphatic carbocycles. The standard InChI is InChI=1S/C16H18N6O/c1-10-3-2-4-11(9-10)14(23)20-12-5-7-13(8-6-12)21-16(19)22-15(17)18/h2-9H,1H3,(H,20,23)(H6,17,18,19,21,22). The summed E-state index contributed by atoms with van der Waals surface area (Å²) >= 11 is 0. The van der Waals surface area contributed by atoms with Gasteiger partial charge in [-0.05, 0) is 43.3 Å². The molecule has 0 saturated heterocycles. The van der Waals surface area contributed by atoms with Crippen molar-refractivity contribution >= 4 is 29.2 Å². The van der Waals surface area contributed by atoms with E-state index in [1.165, 1.54) is 0 Å². The Morgan fingerprint density at radius 1 is 1.04 bits per heavy atom. The molecular formula is C16H18N6O. The van der Waals surface area contributed by atoms with E-state index in [4.69, 9.17) is 17.2 Å². The molecule has 0 aliphatic rings. The molecule has 1 amide bonds. The highest BCUT2D eigenvalue weighted by Crippen LogP contribution is 2.17. The van der Waals surface area contributed by atoms with E-state index in [1.807, 2.05) is 25.1 Å². The molecule has 0 unspecified atom stereocenters. The van der Waals surface area contributed by atoms with E-state index in [-0.39, 0.29) is 17.8 Å². The predicted octanol–water partition coefficient (Wildman–Crippen LogP) is 1.47. The topological polar surface area (TPSA) is 132 Å². The lowest BCUT2D eigenvalue weighted by atomic mass is 10.1. The maximum Gasteiger partial charge on any atom is 0.255 e. The van der Waals surface area contributed by atoms with Crippen LogP contribution in [-0.4, -0.2) is 17.8 Å². The summed E-state index contributed by atoms with van der Waals surface area (Å²) in [6.07, 6.45) is 0. The third kappa shape index (κ3) is 4.85. The van der Waals surface area contributed by atoms with E-state index < -0.39 is 0 Å². The van der Waals surface area contributed by atoms with Crippen LogP contribution in [0, 0.1) is 6.92 Å². The van der Waals surface area contributed by atoms with Crippen molar-refractivity contribution in [3.05, 3.63) is 59.7 Å². The summed E-state index contributed by atoms with van der Waals surface area (Å²) < 4.78 is 0. The number of hydrogen-bond donors (Lipinski definition) is 4. The first kappa shape index (κ1) is 16.0. The molecule has 0 atom stereocenters. The average Bonchev–Trinajstić information content (AvgIpc) is 2.48. The van der Waals surface area contributed by atoms with Gasteiger partial charge in [0.2, 0.25) is 5.96 Å². The van der Waals surface area contributed by atoms with Gasteiger partial charge in [0.15, 0.2) is 5.96 Å². The largest absolute Gasteiger partial charge is 0.370 e. The minimum atomic E-state index is -0.176. The number of carbonyl (C=O) groups excluding carboxylic acids is 1. The van der Waals surface area contributed by atoms with Gasteiger partial charge < -0.3 is 22.5 Å². The molecule has 0 radical (unpaired) electrons. The molecule has 0 aromatic heterocycles. The Morgan fingerprint density at radius 2 is 1.74 bits per heavy atom. The summed E-state index contributed by atoms with van der Waals surface area (Å²) in [6.45, 7) is 1.94. The summed E-state index contributed by atoms with van der Waals surface area (Å²) in [4.78, 5) is 19.8. The van der Waals surface area contributed by atoms with E-state index in [9.17, 15) is 4.79 Å². The van der Waals surface area contributed by atoms with Gasteiger partial charge in [0.05, 0.1) is 5.69 Å². The van der Waals surface area contributed by atoms with Crippen molar-refractivity contribution in [1.82, 2.24) is 0 Å². The Labute approximate surface area is 133 Å². The molecule has 0 heterocycles. The Balaban J connectivity index is 2.08. The maximum atomic E-state index is 12.1. The van der Waals surface area contributed by atoms with E-state index in [1.54, 1.807) is 30.3 Å². The van der Waals surface area contributed by atoms with Gasteiger partial charge in [0.1, 0.15) is 0 Å². The maximum absolute atomic E-state index is 12.1. The summed E-state index contributed by atoms with van der Waals surface area (Å²) in [7, 11) is 0. The van der Waals surface area contributed by atoms with Crippen molar-refractivity contribution in [3.8, 4) is 0 Å². The first-order valence-electron chi connectivity index (χ1n) is 6.86. The fourth-order valence-electron chi connectivity index (χ4n) is 1.90. The van der Waals surface area contributed by atoms with Crippen LogP contribution in [0.3, 0.4) is 0 Å². The van der Waals surface area contributed by atoms with E-state index >= 15 is 0 Å². The molecule has 0 saturated carbocycles.